The van der Waals surface area contributed by atoms with E-state index >= 15 is 0 Å². The Morgan fingerprint density at radius 1 is 1.35 bits per heavy atom. The lowest BCUT2D eigenvalue weighted by Crippen LogP contribution is -2.45. The van der Waals surface area contributed by atoms with E-state index in [1.54, 1.807) is 25.3 Å². The molecule has 0 heterocycles. The number of carbonyl (C=O) groups is 1. The Morgan fingerprint density at radius 3 is 2.50 bits per heavy atom. The third-order valence-corrected chi connectivity index (χ3v) is 2.95. The summed E-state index contributed by atoms with van der Waals surface area (Å²) in [5.41, 5.74) is 6.26. The molecule has 0 bridgehead atoms. The maximum atomic E-state index is 12.1. The van der Waals surface area contributed by atoms with Gasteiger partial charge >= 0.3 is 0 Å². The van der Waals surface area contributed by atoms with Gasteiger partial charge in [-0.05, 0) is 24.5 Å². The predicted octanol–water partition coefficient (Wildman–Crippen LogP) is 2.41. The highest BCUT2D eigenvalue weighted by atomic mass is 16.5. The molecular formula is C15H24N2O3. The highest BCUT2D eigenvalue weighted by molar-refractivity contribution is 5.95. The molecule has 1 rings (SSSR count). The number of rotatable bonds is 5. The van der Waals surface area contributed by atoms with Gasteiger partial charge < -0.3 is 20.5 Å². The van der Waals surface area contributed by atoms with Crippen molar-refractivity contribution in [2.45, 2.75) is 33.7 Å². The minimum Gasteiger partial charge on any atom is -0.493 e. The van der Waals surface area contributed by atoms with Gasteiger partial charge in [0, 0.05) is 11.8 Å². The van der Waals surface area contributed by atoms with Crippen molar-refractivity contribution in [2.75, 3.05) is 19.0 Å². The summed E-state index contributed by atoms with van der Waals surface area (Å²) in [6.45, 7) is 8.23. The third-order valence-electron chi connectivity index (χ3n) is 2.95. The van der Waals surface area contributed by atoms with Crippen molar-refractivity contribution in [3.8, 4) is 11.5 Å². The first-order chi connectivity index (χ1) is 9.29. The molecule has 0 saturated carbocycles. The molecule has 0 aliphatic rings. The minimum absolute atomic E-state index is 0.219. The van der Waals surface area contributed by atoms with Crippen LogP contribution in [0.15, 0.2) is 18.2 Å². The molecule has 1 atom stereocenters. The number of carbonyl (C=O) groups excluding carboxylic acids is 1. The molecule has 0 aromatic heterocycles. The molecule has 1 aromatic rings. The summed E-state index contributed by atoms with van der Waals surface area (Å²) in [6.07, 6.45) is 0. The standard InChI is InChI=1S/C15H24N2O3/c1-6-20-11-8-7-10(9-12(11)19-5)17-14(18)13(16)15(2,3)4/h7-9,13H,6,16H2,1-5H3,(H,17,18)/t13-/m0/s1. The monoisotopic (exact) mass is 280 g/mol. The molecule has 3 N–H and O–H groups in total. The molecule has 0 radical (unpaired) electrons. The van der Waals surface area contributed by atoms with E-state index < -0.39 is 6.04 Å². The van der Waals surface area contributed by atoms with Crippen LogP contribution < -0.4 is 20.5 Å². The Hall–Kier alpha value is -1.75. The molecule has 1 aromatic carbocycles. The van der Waals surface area contributed by atoms with Crippen molar-refractivity contribution in [3.05, 3.63) is 18.2 Å². The lowest BCUT2D eigenvalue weighted by Gasteiger charge is -2.25. The largest absolute Gasteiger partial charge is 0.493 e. The van der Waals surface area contributed by atoms with Crippen LogP contribution in [-0.2, 0) is 4.79 Å². The summed E-state index contributed by atoms with van der Waals surface area (Å²) in [6, 6.07) is 4.67. The van der Waals surface area contributed by atoms with Gasteiger partial charge in [0.15, 0.2) is 11.5 Å². The van der Waals surface area contributed by atoms with Crippen molar-refractivity contribution in [1.29, 1.82) is 0 Å². The second-order valence-electron chi connectivity index (χ2n) is 5.63. The van der Waals surface area contributed by atoms with E-state index in [2.05, 4.69) is 5.32 Å². The van der Waals surface area contributed by atoms with Crippen LogP contribution in [0.4, 0.5) is 5.69 Å². The van der Waals surface area contributed by atoms with Gasteiger partial charge in [0.1, 0.15) is 0 Å². The number of methoxy groups -OCH3 is 1. The van der Waals surface area contributed by atoms with E-state index in [1.807, 2.05) is 27.7 Å². The van der Waals surface area contributed by atoms with Crippen molar-refractivity contribution < 1.29 is 14.3 Å². The average molecular weight is 280 g/mol. The van der Waals surface area contributed by atoms with Gasteiger partial charge in [0.2, 0.25) is 5.91 Å². The maximum absolute atomic E-state index is 12.1. The molecule has 5 heteroatoms. The minimum atomic E-state index is -0.583. The number of amides is 1. The first-order valence-corrected chi connectivity index (χ1v) is 6.67. The van der Waals surface area contributed by atoms with E-state index in [9.17, 15) is 4.79 Å². The molecule has 20 heavy (non-hydrogen) atoms. The number of benzene rings is 1. The van der Waals surface area contributed by atoms with Gasteiger partial charge in [0.05, 0.1) is 19.8 Å². The van der Waals surface area contributed by atoms with E-state index in [0.717, 1.165) is 0 Å². The van der Waals surface area contributed by atoms with Gasteiger partial charge in [-0.1, -0.05) is 20.8 Å². The fraction of sp³-hybridized carbons (Fsp3) is 0.533. The molecule has 1 amide bonds. The van der Waals surface area contributed by atoms with Crippen molar-refractivity contribution in [1.82, 2.24) is 0 Å². The zero-order chi connectivity index (χ0) is 15.3. The lowest BCUT2D eigenvalue weighted by molar-refractivity contribution is -0.119. The van der Waals surface area contributed by atoms with Crippen LogP contribution in [0.1, 0.15) is 27.7 Å². The normalized spacial score (nSPS) is 12.7. The number of hydrogen-bond donors (Lipinski definition) is 2. The molecule has 0 saturated heterocycles. The second-order valence-corrected chi connectivity index (χ2v) is 5.63. The number of nitrogens with one attached hydrogen (secondary N) is 1. The Bertz CT molecular complexity index is 467. The van der Waals surface area contributed by atoms with E-state index in [-0.39, 0.29) is 11.3 Å². The molecule has 0 aliphatic carbocycles. The smallest absolute Gasteiger partial charge is 0.241 e. The lowest BCUT2D eigenvalue weighted by atomic mass is 9.87. The van der Waals surface area contributed by atoms with Crippen LogP contribution in [0.5, 0.6) is 11.5 Å². The zero-order valence-electron chi connectivity index (χ0n) is 12.8. The van der Waals surface area contributed by atoms with Gasteiger partial charge in [0.25, 0.3) is 0 Å². The number of anilines is 1. The van der Waals surface area contributed by atoms with Gasteiger partial charge in [-0.25, -0.2) is 0 Å². The van der Waals surface area contributed by atoms with Crippen LogP contribution in [0.25, 0.3) is 0 Å². The zero-order valence-corrected chi connectivity index (χ0v) is 12.8. The number of ether oxygens (including phenoxy) is 2. The van der Waals surface area contributed by atoms with Crippen LogP contribution in [0.3, 0.4) is 0 Å². The summed E-state index contributed by atoms with van der Waals surface area (Å²) in [4.78, 5) is 12.1. The summed E-state index contributed by atoms with van der Waals surface area (Å²) < 4.78 is 10.7. The SMILES string of the molecule is CCOc1ccc(NC(=O)[C@H](N)C(C)(C)C)cc1OC. The van der Waals surface area contributed by atoms with E-state index in [1.165, 1.54) is 0 Å². The summed E-state index contributed by atoms with van der Waals surface area (Å²) >= 11 is 0. The second kappa shape index (κ2) is 6.61. The Balaban J connectivity index is 2.86. The highest BCUT2D eigenvalue weighted by Gasteiger charge is 2.27. The van der Waals surface area contributed by atoms with Crippen LogP contribution in [-0.4, -0.2) is 25.7 Å². The number of nitrogens with two attached hydrogens (primary N) is 1. The third kappa shape index (κ3) is 4.13. The quantitative estimate of drug-likeness (QED) is 0.868. The molecule has 5 nitrogen and oxygen atoms in total. The van der Waals surface area contributed by atoms with Gasteiger partial charge in [-0.3, -0.25) is 4.79 Å². The van der Waals surface area contributed by atoms with Gasteiger partial charge in [-0.2, -0.15) is 0 Å². The van der Waals surface area contributed by atoms with Crippen LogP contribution in [0.2, 0.25) is 0 Å². The van der Waals surface area contributed by atoms with E-state index in [0.29, 0.717) is 23.8 Å². The average Bonchev–Trinajstić information content (AvgIpc) is 2.38. The van der Waals surface area contributed by atoms with Crippen LogP contribution >= 0.6 is 0 Å². The summed E-state index contributed by atoms with van der Waals surface area (Å²) in [7, 11) is 1.56. The van der Waals surface area contributed by atoms with E-state index in [4.69, 9.17) is 15.2 Å². The first-order valence-electron chi connectivity index (χ1n) is 6.67. The van der Waals surface area contributed by atoms with Crippen molar-refractivity contribution >= 4 is 11.6 Å². The Kier molecular flexibility index (Phi) is 5.39. The van der Waals surface area contributed by atoms with Crippen LogP contribution in [0, 0.1) is 5.41 Å². The molecular weight excluding hydrogens is 256 g/mol. The van der Waals surface area contributed by atoms with Gasteiger partial charge in [-0.15, -0.1) is 0 Å². The fourth-order valence-corrected chi connectivity index (χ4v) is 1.63. The Morgan fingerprint density at radius 2 is 2.00 bits per heavy atom. The van der Waals surface area contributed by atoms with Crippen molar-refractivity contribution in [3.63, 3.8) is 0 Å². The molecule has 0 aliphatic heterocycles. The first kappa shape index (κ1) is 16.3. The summed E-state index contributed by atoms with van der Waals surface area (Å²) in [5, 5.41) is 2.79. The molecule has 0 spiro atoms. The van der Waals surface area contributed by atoms with Crippen molar-refractivity contribution in [2.24, 2.45) is 11.1 Å². The molecule has 0 fully saturated rings. The highest BCUT2D eigenvalue weighted by Crippen LogP contribution is 2.30. The predicted molar refractivity (Wildman–Crippen MR) is 80.2 cm³/mol. The Labute approximate surface area is 120 Å². The molecule has 112 valence electrons. The molecule has 0 unspecified atom stereocenters. The topological polar surface area (TPSA) is 73.6 Å². The fourth-order valence-electron chi connectivity index (χ4n) is 1.63. The number of hydrogen-bond acceptors (Lipinski definition) is 4. The summed E-state index contributed by atoms with van der Waals surface area (Å²) in [5.74, 6) is 1.01. The maximum Gasteiger partial charge on any atom is 0.241 e.